The number of carbonyl (C=O) groups is 1. The SMILES string of the molecule is O=C(O)Cc1ccc(Nc2cc(F)cc(F)c2)cc1. The highest BCUT2D eigenvalue weighted by Gasteiger charge is 2.03. The fourth-order valence-corrected chi connectivity index (χ4v) is 1.67. The topological polar surface area (TPSA) is 49.3 Å². The summed E-state index contributed by atoms with van der Waals surface area (Å²) in [7, 11) is 0. The fraction of sp³-hybridized carbons (Fsp3) is 0.0714. The number of hydrogen-bond donors (Lipinski definition) is 2. The minimum atomic E-state index is -0.909. The molecule has 0 unspecified atom stereocenters. The summed E-state index contributed by atoms with van der Waals surface area (Å²) in [6.45, 7) is 0. The Balaban J connectivity index is 2.12. The zero-order chi connectivity index (χ0) is 13.8. The Hall–Kier alpha value is -2.43. The van der Waals surface area contributed by atoms with Gasteiger partial charge in [0.25, 0.3) is 0 Å². The summed E-state index contributed by atoms with van der Waals surface area (Å²) in [5.41, 5.74) is 1.58. The lowest BCUT2D eigenvalue weighted by Crippen LogP contribution is -2.00. The van der Waals surface area contributed by atoms with Crippen molar-refractivity contribution in [1.82, 2.24) is 0 Å². The van der Waals surface area contributed by atoms with E-state index in [2.05, 4.69) is 5.32 Å². The lowest BCUT2D eigenvalue weighted by molar-refractivity contribution is -0.136. The Kier molecular flexibility index (Phi) is 3.75. The molecule has 0 amide bonds. The molecular formula is C14H11F2NO2. The van der Waals surface area contributed by atoms with E-state index >= 15 is 0 Å². The van der Waals surface area contributed by atoms with E-state index < -0.39 is 17.6 Å². The number of rotatable bonds is 4. The van der Waals surface area contributed by atoms with E-state index in [9.17, 15) is 13.6 Å². The number of hydrogen-bond acceptors (Lipinski definition) is 2. The first-order valence-corrected chi connectivity index (χ1v) is 5.57. The molecular weight excluding hydrogens is 252 g/mol. The maximum absolute atomic E-state index is 13.0. The van der Waals surface area contributed by atoms with E-state index in [1.165, 1.54) is 12.1 Å². The molecule has 2 rings (SSSR count). The molecule has 0 atom stereocenters. The van der Waals surface area contributed by atoms with E-state index in [4.69, 9.17) is 5.11 Å². The monoisotopic (exact) mass is 263 g/mol. The number of nitrogens with one attached hydrogen (secondary N) is 1. The van der Waals surface area contributed by atoms with Crippen LogP contribution in [0.4, 0.5) is 20.2 Å². The summed E-state index contributed by atoms with van der Waals surface area (Å²) < 4.78 is 26.0. The van der Waals surface area contributed by atoms with Crippen LogP contribution in [0.15, 0.2) is 42.5 Å². The Morgan fingerprint density at radius 2 is 1.58 bits per heavy atom. The van der Waals surface area contributed by atoms with Crippen molar-refractivity contribution >= 4 is 17.3 Å². The average Bonchev–Trinajstić information content (AvgIpc) is 2.29. The fourth-order valence-electron chi connectivity index (χ4n) is 1.67. The smallest absolute Gasteiger partial charge is 0.307 e. The van der Waals surface area contributed by atoms with Crippen LogP contribution < -0.4 is 5.32 Å². The summed E-state index contributed by atoms with van der Waals surface area (Å²) in [6.07, 6.45) is -0.0606. The second-order valence-electron chi connectivity index (χ2n) is 4.05. The minimum Gasteiger partial charge on any atom is -0.481 e. The Morgan fingerprint density at radius 3 is 2.11 bits per heavy atom. The van der Waals surface area contributed by atoms with Crippen molar-refractivity contribution in [2.24, 2.45) is 0 Å². The molecule has 5 heteroatoms. The van der Waals surface area contributed by atoms with Crippen LogP contribution in [0.2, 0.25) is 0 Å². The second kappa shape index (κ2) is 5.48. The van der Waals surface area contributed by atoms with Gasteiger partial charge in [-0.15, -0.1) is 0 Å². The van der Waals surface area contributed by atoms with Gasteiger partial charge in [-0.1, -0.05) is 12.1 Å². The van der Waals surface area contributed by atoms with Crippen LogP contribution >= 0.6 is 0 Å². The molecule has 0 heterocycles. The maximum Gasteiger partial charge on any atom is 0.307 e. The number of anilines is 2. The normalized spacial score (nSPS) is 10.2. The second-order valence-corrected chi connectivity index (χ2v) is 4.05. The molecule has 0 aliphatic heterocycles. The van der Waals surface area contributed by atoms with E-state index in [1.54, 1.807) is 24.3 Å². The summed E-state index contributed by atoms with van der Waals surface area (Å²) in [5.74, 6) is -2.23. The van der Waals surface area contributed by atoms with E-state index in [0.717, 1.165) is 6.07 Å². The van der Waals surface area contributed by atoms with E-state index in [-0.39, 0.29) is 6.42 Å². The standard InChI is InChI=1S/C14H11F2NO2/c15-10-6-11(16)8-13(7-10)17-12-3-1-9(2-4-12)5-14(18)19/h1-4,6-8,17H,5H2,(H,18,19). The predicted molar refractivity (Wildman–Crippen MR) is 67.4 cm³/mol. The summed E-state index contributed by atoms with van der Waals surface area (Å²) in [6, 6.07) is 9.74. The Labute approximate surface area is 108 Å². The Bertz CT molecular complexity index is 577. The minimum absolute atomic E-state index is 0.0606. The van der Waals surface area contributed by atoms with Crippen molar-refractivity contribution in [3.63, 3.8) is 0 Å². The third-order valence-electron chi connectivity index (χ3n) is 2.46. The summed E-state index contributed by atoms with van der Waals surface area (Å²) >= 11 is 0. The van der Waals surface area contributed by atoms with Gasteiger partial charge in [-0.05, 0) is 29.8 Å². The molecule has 2 N–H and O–H groups in total. The van der Waals surface area contributed by atoms with Crippen LogP contribution in [0, 0.1) is 11.6 Å². The number of aliphatic carboxylic acids is 1. The number of halogens is 2. The van der Waals surface area contributed by atoms with Crippen LogP contribution in [-0.4, -0.2) is 11.1 Å². The average molecular weight is 263 g/mol. The van der Waals surface area contributed by atoms with Gasteiger partial charge in [0, 0.05) is 17.4 Å². The molecule has 0 aliphatic carbocycles. The molecule has 3 nitrogen and oxygen atoms in total. The first-order valence-electron chi connectivity index (χ1n) is 5.57. The van der Waals surface area contributed by atoms with Crippen LogP contribution in [-0.2, 0) is 11.2 Å². The molecule has 0 saturated carbocycles. The van der Waals surface area contributed by atoms with Gasteiger partial charge in [0.15, 0.2) is 0 Å². The molecule has 0 saturated heterocycles. The molecule has 2 aromatic carbocycles. The van der Waals surface area contributed by atoms with Gasteiger partial charge in [-0.2, -0.15) is 0 Å². The quantitative estimate of drug-likeness (QED) is 0.889. The number of carboxylic acid groups (broad SMARTS) is 1. The first-order chi connectivity index (χ1) is 9.02. The maximum atomic E-state index is 13.0. The molecule has 0 fully saturated rings. The first kappa shape index (κ1) is 13.0. The molecule has 98 valence electrons. The van der Waals surface area contributed by atoms with Crippen LogP contribution in [0.3, 0.4) is 0 Å². The number of benzene rings is 2. The summed E-state index contributed by atoms with van der Waals surface area (Å²) in [4.78, 5) is 10.5. The van der Waals surface area contributed by atoms with E-state index in [0.29, 0.717) is 16.9 Å². The van der Waals surface area contributed by atoms with Crippen molar-refractivity contribution in [1.29, 1.82) is 0 Å². The third kappa shape index (κ3) is 3.77. The molecule has 0 spiro atoms. The van der Waals surface area contributed by atoms with Crippen molar-refractivity contribution < 1.29 is 18.7 Å². The zero-order valence-corrected chi connectivity index (χ0v) is 9.86. The van der Waals surface area contributed by atoms with Gasteiger partial charge >= 0.3 is 5.97 Å². The highest BCUT2D eigenvalue weighted by atomic mass is 19.1. The van der Waals surface area contributed by atoms with Gasteiger partial charge in [0.05, 0.1) is 6.42 Å². The van der Waals surface area contributed by atoms with Crippen molar-refractivity contribution in [3.8, 4) is 0 Å². The van der Waals surface area contributed by atoms with Gasteiger partial charge in [0.2, 0.25) is 0 Å². The molecule has 0 bridgehead atoms. The molecule has 0 radical (unpaired) electrons. The van der Waals surface area contributed by atoms with Crippen molar-refractivity contribution in [3.05, 3.63) is 59.7 Å². The molecule has 19 heavy (non-hydrogen) atoms. The number of carboxylic acids is 1. The molecule has 0 aliphatic rings. The predicted octanol–water partition coefficient (Wildman–Crippen LogP) is 3.34. The molecule has 2 aromatic rings. The largest absolute Gasteiger partial charge is 0.481 e. The highest BCUT2D eigenvalue weighted by molar-refractivity contribution is 5.70. The lowest BCUT2D eigenvalue weighted by Gasteiger charge is -2.07. The van der Waals surface area contributed by atoms with Crippen LogP contribution in [0.1, 0.15) is 5.56 Å². The highest BCUT2D eigenvalue weighted by Crippen LogP contribution is 2.19. The van der Waals surface area contributed by atoms with E-state index in [1.807, 2.05) is 0 Å². The van der Waals surface area contributed by atoms with Crippen molar-refractivity contribution in [2.75, 3.05) is 5.32 Å². The Morgan fingerprint density at radius 1 is 1.00 bits per heavy atom. The van der Waals surface area contributed by atoms with Gasteiger partial charge in [-0.3, -0.25) is 4.79 Å². The zero-order valence-electron chi connectivity index (χ0n) is 9.86. The van der Waals surface area contributed by atoms with Crippen LogP contribution in [0.25, 0.3) is 0 Å². The van der Waals surface area contributed by atoms with Crippen molar-refractivity contribution in [2.45, 2.75) is 6.42 Å². The third-order valence-corrected chi connectivity index (χ3v) is 2.46. The summed E-state index contributed by atoms with van der Waals surface area (Å²) in [5, 5.41) is 11.5. The van der Waals surface area contributed by atoms with Crippen LogP contribution in [0.5, 0.6) is 0 Å². The van der Waals surface area contributed by atoms with Gasteiger partial charge in [0.1, 0.15) is 11.6 Å². The van der Waals surface area contributed by atoms with Gasteiger partial charge in [-0.25, -0.2) is 8.78 Å². The van der Waals surface area contributed by atoms with Gasteiger partial charge < -0.3 is 10.4 Å². The lowest BCUT2D eigenvalue weighted by atomic mass is 10.1. The molecule has 0 aromatic heterocycles.